The summed E-state index contributed by atoms with van der Waals surface area (Å²) in [5, 5.41) is 5.58. The van der Waals surface area contributed by atoms with Gasteiger partial charge in [-0.1, -0.05) is 0 Å². The Labute approximate surface area is 199 Å². The maximum absolute atomic E-state index is 3.54. The molecule has 0 aliphatic heterocycles. The summed E-state index contributed by atoms with van der Waals surface area (Å²) in [4.78, 5) is 0. The molecule has 0 fully saturated rings. The fourth-order valence-electron chi connectivity index (χ4n) is 4.62. The van der Waals surface area contributed by atoms with Gasteiger partial charge in [0.25, 0.3) is 0 Å². The zero-order valence-corrected chi connectivity index (χ0v) is 20.2. The van der Waals surface area contributed by atoms with Crippen LogP contribution in [0, 0.1) is 0 Å². The topological polar surface area (TPSA) is 0 Å². The van der Waals surface area contributed by atoms with Crippen LogP contribution in [0.1, 0.15) is 0 Å². The first-order valence-corrected chi connectivity index (χ1v) is 13.6. The molecular formula is C30H24BrP. The van der Waals surface area contributed by atoms with Crippen LogP contribution >= 0.6 is 23.2 Å². The number of hydrogen-bond acceptors (Lipinski definition) is 0. The van der Waals surface area contributed by atoms with Gasteiger partial charge in [0.05, 0.1) is 0 Å². The molecule has 0 radical (unpaired) electrons. The molecule has 5 rings (SSSR count). The molecule has 0 unspecified atom stereocenters. The SMILES string of the molecule is Brc1ccc(-c2ccc([PH](c3ccccc3)(c3ccccc3)c3ccccc3)cc2)cc1. The van der Waals surface area contributed by atoms with Crippen LogP contribution in [0.3, 0.4) is 0 Å². The van der Waals surface area contributed by atoms with Gasteiger partial charge in [-0.15, -0.1) is 0 Å². The molecule has 0 saturated heterocycles. The summed E-state index contributed by atoms with van der Waals surface area (Å²) in [6.45, 7) is 0. The fraction of sp³-hybridized carbons (Fsp3) is 0. The molecule has 0 saturated carbocycles. The van der Waals surface area contributed by atoms with Crippen molar-refractivity contribution >= 4 is 44.4 Å². The third-order valence-corrected chi connectivity index (χ3v) is 11.4. The monoisotopic (exact) mass is 494 g/mol. The Morgan fingerprint density at radius 1 is 0.344 bits per heavy atom. The Balaban J connectivity index is 1.76. The number of benzene rings is 5. The Morgan fingerprint density at radius 2 is 0.656 bits per heavy atom. The minimum atomic E-state index is -2.44. The summed E-state index contributed by atoms with van der Waals surface area (Å²) in [5.74, 6) is 0. The van der Waals surface area contributed by atoms with Gasteiger partial charge in [0, 0.05) is 0 Å². The number of rotatable bonds is 5. The van der Waals surface area contributed by atoms with E-state index in [1.807, 2.05) is 0 Å². The van der Waals surface area contributed by atoms with Crippen LogP contribution in [0.25, 0.3) is 11.1 Å². The second kappa shape index (κ2) is 9.25. The molecule has 0 amide bonds. The molecule has 156 valence electrons. The number of hydrogen-bond donors (Lipinski definition) is 0. The van der Waals surface area contributed by atoms with Crippen LogP contribution in [0.4, 0.5) is 0 Å². The molecule has 0 aliphatic carbocycles. The first-order valence-electron chi connectivity index (χ1n) is 10.8. The average Bonchev–Trinajstić information content (AvgIpc) is 2.88. The first kappa shape index (κ1) is 20.9. The molecule has 0 aromatic heterocycles. The molecule has 5 aromatic carbocycles. The average molecular weight is 495 g/mol. The quantitative estimate of drug-likeness (QED) is 0.245. The van der Waals surface area contributed by atoms with E-state index >= 15 is 0 Å². The predicted octanol–water partition coefficient (Wildman–Crippen LogP) is 6.47. The summed E-state index contributed by atoms with van der Waals surface area (Å²) >= 11 is 3.54. The van der Waals surface area contributed by atoms with E-state index in [1.165, 1.54) is 32.3 Å². The minimum absolute atomic E-state index is 1.10. The van der Waals surface area contributed by atoms with Crippen molar-refractivity contribution in [2.24, 2.45) is 0 Å². The van der Waals surface area contributed by atoms with Gasteiger partial charge in [-0.2, -0.15) is 0 Å². The standard InChI is InChI=1S/C30H24BrP/c31-26-20-16-24(17-21-26)25-18-22-30(23-19-25)32(27-10-4-1-5-11-27,28-12-6-2-7-13-28)29-14-8-3-9-15-29/h1-23,32H. The summed E-state index contributed by atoms with van der Waals surface area (Å²) < 4.78 is 1.10. The van der Waals surface area contributed by atoms with Crippen LogP contribution in [0.2, 0.25) is 0 Å². The molecule has 5 aromatic rings. The zero-order chi connectivity index (χ0) is 21.8. The molecule has 0 nitrogen and oxygen atoms in total. The van der Waals surface area contributed by atoms with E-state index in [1.54, 1.807) is 0 Å². The van der Waals surface area contributed by atoms with E-state index in [0.717, 1.165) is 4.47 Å². The van der Waals surface area contributed by atoms with E-state index in [9.17, 15) is 0 Å². The molecule has 2 heteroatoms. The van der Waals surface area contributed by atoms with Gasteiger partial charge in [0.15, 0.2) is 0 Å². The van der Waals surface area contributed by atoms with Crippen molar-refractivity contribution in [2.75, 3.05) is 0 Å². The van der Waals surface area contributed by atoms with Gasteiger partial charge in [-0.3, -0.25) is 0 Å². The molecule has 0 aliphatic rings. The molecule has 0 N–H and O–H groups in total. The molecule has 0 atom stereocenters. The molecule has 0 spiro atoms. The van der Waals surface area contributed by atoms with E-state index in [0.29, 0.717) is 0 Å². The van der Waals surface area contributed by atoms with Crippen molar-refractivity contribution in [2.45, 2.75) is 0 Å². The maximum atomic E-state index is 3.54. The number of halogens is 1. The normalized spacial score (nSPS) is 11.8. The van der Waals surface area contributed by atoms with Crippen LogP contribution in [0.5, 0.6) is 0 Å². The van der Waals surface area contributed by atoms with E-state index in [2.05, 4.69) is 155 Å². The van der Waals surface area contributed by atoms with Gasteiger partial charge >= 0.3 is 200 Å². The van der Waals surface area contributed by atoms with Gasteiger partial charge < -0.3 is 0 Å². The van der Waals surface area contributed by atoms with Gasteiger partial charge in [0.2, 0.25) is 0 Å². The molecule has 0 heterocycles. The van der Waals surface area contributed by atoms with Crippen LogP contribution in [0.15, 0.2) is 144 Å². The van der Waals surface area contributed by atoms with Crippen molar-refractivity contribution in [3.63, 3.8) is 0 Å². The van der Waals surface area contributed by atoms with Crippen molar-refractivity contribution in [3.05, 3.63) is 144 Å². The van der Waals surface area contributed by atoms with Crippen LogP contribution < -0.4 is 21.2 Å². The van der Waals surface area contributed by atoms with Crippen molar-refractivity contribution in [1.82, 2.24) is 0 Å². The summed E-state index contributed by atoms with van der Waals surface area (Å²) in [5.41, 5.74) is 2.46. The van der Waals surface area contributed by atoms with Gasteiger partial charge in [-0.05, 0) is 0 Å². The Bertz CT molecular complexity index is 1180. The fourth-order valence-corrected chi connectivity index (χ4v) is 9.63. The Hall–Kier alpha value is -2.99. The molecule has 0 bridgehead atoms. The predicted molar refractivity (Wildman–Crippen MR) is 146 cm³/mol. The first-order chi connectivity index (χ1) is 15.8. The van der Waals surface area contributed by atoms with Crippen molar-refractivity contribution in [1.29, 1.82) is 0 Å². The van der Waals surface area contributed by atoms with E-state index in [4.69, 9.17) is 0 Å². The van der Waals surface area contributed by atoms with Crippen molar-refractivity contribution in [3.8, 4) is 11.1 Å². The molecule has 32 heavy (non-hydrogen) atoms. The van der Waals surface area contributed by atoms with Gasteiger partial charge in [0.1, 0.15) is 0 Å². The summed E-state index contributed by atoms with van der Waals surface area (Å²) in [6, 6.07) is 50.9. The Kier molecular flexibility index (Phi) is 6.04. The van der Waals surface area contributed by atoms with Crippen LogP contribution in [-0.4, -0.2) is 0 Å². The second-order valence-corrected chi connectivity index (χ2v) is 12.7. The van der Waals surface area contributed by atoms with Crippen LogP contribution in [-0.2, 0) is 0 Å². The summed E-state index contributed by atoms with van der Waals surface area (Å²) in [6.07, 6.45) is 0. The third kappa shape index (κ3) is 3.84. The third-order valence-electron chi connectivity index (χ3n) is 6.12. The second-order valence-electron chi connectivity index (χ2n) is 7.93. The zero-order valence-electron chi connectivity index (χ0n) is 17.7. The van der Waals surface area contributed by atoms with Gasteiger partial charge in [-0.25, -0.2) is 0 Å². The van der Waals surface area contributed by atoms with E-state index < -0.39 is 7.26 Å². The van der Waals surface area contributed by atoms with Crippen molar-refractivity contribution < 1.29 is 0 Å². The Morgan fingerprint density at radius 3 is 1.03 bits per heavy atom. The molecular weight excluding hydrogens is 471 g/mol. The summed E-state index contributed by atoms with van der Waals surface area (Å²) in [7, 11) is -2.44. The van der Waals surface area contributed by atoms with E-state index in [-0.39, 0.29) is 0 Å².